The minimum Gasteiger partial charge on any atom is -0.496 e. The third kappa shape index (κ3) is 2.46. The molecule has 0 spiro atoms. The molecule has 21 heavy (non-hydrogen) atoms. The molecule has 3 rings (SSSR count). The SMILES string of the molecule is COc1ccccc1C1(C)CN=C(N)N1CC1CCCO1. The topological polar surface area (TPSA) is 60.1 Å². The number of hydrogen-bond acceptors (Lipinski definition) is 5. The zero-order chi connectivity index (χ0) is 14.9. The third-order valence-electron chi connectivity index (χ3n) is 4.52. The molecule has 5 heteroatoms. The Hall–Kier alpha value is -1.75. The highest BCUT2D eigenvalue weighted by Crippen LogP contribution is 2.38. The quantitative estimate of drug-likeness (QED) is 0.917. The van der Waals surface area contributed by atoms with Crippen molar-refractivity contribution >= 4 is 5.96 Å². The molecule has 2 atom stereocenters. The van der Waals surface area contributed by atoms with Gasteiger partial charge in [-0.05, 0) is 25.8 Å². The monoisotopic (exact) mass is 289 g/mol. The smallest absolute Gasteiger partial charge is 0.192 e. The van der Waals surface area contributed by atoms with Gasteiger partial charge in [-0.3, -0.25) is 4.99 Å². The van der Waals surface area contributed by atoms with Crippen molar-refractivity contribution in [2.75, 3.05) is 26.8 Å². The average molecular weight is 289 g/mol. The van der Waals surface area contributed by atoms with Gasteiger partial charge in [0.2, 0.25) is 0 Å². The molecule has 0 radical (unpaired) electrons. The van der Waals surface area contributed by atoms with E-state index in [0.717, 1.165) is 37.3 Å². The number of ether oxygens (including phenoxy) is 2. The van der Waals surface area contributed by atoms with E-state index in [-0.39, 0.29) is 11.6 Å². The first-order valence-corrected chi connectivity index (χ1v) is 7.48. The van der Waals surface area contributed by atoms with Crippen molar-refractivity contribution in [2.24, 2.45) is 10.7 Å². The van der Waals surface area contributed by atoms with E-state index in [0.29, 0.717) is 12.5 Å². The van der Waals surface area contributed by atoms with Crippen LogP contribution in [0.2, 0.25) is 0 Å². The predicted molar refractivity (Wildman–Crippen MR) is 82.5 cm³/mol. The first-order valence-electron chi connectivity index (χ1n) is 7.48. The van der Waals surface area contributed by atoms with E-state index < -0.39 is 0 Å². The maximum Gasteiger partial charge on any atom is 0.192 e. The van der Waals surface area contributed by atoms with Crippen LogP contribution >= 0.6 is 0 Å². The van der Waals surface area contributed by atoms with Crippen LogP contribution in [-0.4, -0.2) is 43.8 Å². The molecule has 0 aliphatic carbocycles. The van der Waals surface area contributed by atoms with Crippen LogP contribution in [0.25, 0.3) is 0 Å². The highest BCUT2D eigenvalue weighted by molar-refractivity contribution is 5.81. The zero-order valence-corrected chi connectivity index (χ0v) is 12.7. The molecule has 0 saturated carbocycles. The van der Waals surface area contributed by atoms with Crippen LogP contribution in [0.1, 0.15) is 25.3 Å². The number of nitrogens with two attached hydrogens (primary N) is 1. The van der Waals surface area contributed by atoms with Gasteiger partial charge in [-0.2, -0.15) is 0 Å². The van der Waals surface area contributed by atoms with Crippen LogP contribution in [-0.2, 0) is 10.3 Å². The van der Waals surface area contributed by atoms with Crippen LogP contribution in [0.4, 0.5) is 0 Å². The van der Waals surface area contributed by atoms with Crippen LogP contribution in [0.15, 0.2) is 29.3 Å². The molecule has 0 bridgehead atoms. The molecule has 1 aromatic rings. The molecule has 5 nitrogen and oxygen atoms in total. The molecule has 2 aliphatic heterocycles. The summed E-state index contributed by atoms with van der Waals surface area (Å²) in [6, 6.07) is 8.09. The number of aliphatic imine (C=N–C) groups is 1. The van der Waals surface area contributed by atoms with E-state index >= 15 is 0 Å². The van der Waals surface area contributed by atoms with Crippen molar-refractivity contribution in [3.05, 3.63) is 29.8 Å². The van der Waals surface area contributed by atoms with E-state index in [1.54, 1.807) is 7.11 Å². The number of nitrogens with zero attached hydrogens (tertiary/aromatic N) is 2. The molecule has 1 saturated heterocycles. The third-order valence-corrected chi connectivity index (χ3v) is 4.52. The Morgan fingerprint density at radius 1 is 1.48 bits per heavy atom. The second-order valence-corrected chi connectivity index (χ2v) is 5.89. The van der Waals surface area contributed by atoms with E-state index in [1.807, 2.05) is 18.2 Å². The fourth-order valence-electron chi connectivity index (χ4n) is 3.27. The summed E-state index contributed by atoms with van der Waals surface area (Å²) in [6.45, 7) is 4.44. The van der Waals surface area contributed by atoms with E-state index in [2.05, 4.69) is 22.9 Å². The first-order chi connectivity index (χ1) is 10.1. The van der Waals surface area contributed by atoms with Gasteiger partial charge in [0.1, 0.15) is 5.75 Å². The lowest BCUT2D eigenvalue weighted by molar-refractivity contribution is 0.0684. The highest BCUT2D eigenvalue weighted by Gasteiger charge is 2.42. The van der Waals surface area contributed by atoms with Gasteiger partial charge in [0.25, 0.3) is 0 Å². The lowest BCUT2D eigenvalue weighted by atomic mass is 9.90. The number of methoxy groups -OCH3 is 1. The Balaban J connectivity index is 1.90. The van der Waals surface area contributed by atoms with E-state index in [9.17, 15) is 0 Å². The zero-order valence-electron chi connectivity index (χ0n) is 12.7. The molecular formula is C16H23N3O2. The molecule has 114 valence electrons. The van der Waals surface area contributed by atoms with Gasteiger partial charge in [0, 0.05) is 18.7 Å². The van der Waals surface area contributed by atoms with Crippen molar-refractivity contribution in [3.8, 4) is 5.75 Å². The standard InChI is InChI=1S/C16H23N3O2/c1-16(13-7-3-4-8-14(13)20-2)11-18-15(17)19(16)10-12-6-5-9-21-12/h3-4,7-8,12H,5-6,9-11H2,1-2H3,(H2,17,18). The molecule has 2 aliphatic rings. The number of para-hydroxylation sites is 1. The van der Waals surface area contributed by atoms with Gasteiger partial charge in [-0.25, -0.2) is 0 Å². The predicted octanol–water partition coefficient (Wildman–Crippen LogP) is 1.72. The number of benzene rings is 1. The lowest BCUT2D eigenvalue weighted by Crippen LogP contribution is -2.50. The minimum atomic E-state index is -0.275. The van der Waals surface area contributed by atoms with Gasteiger partial charge in [-0.15, -0.1) is 0 Å². The Kier molecular flexibility index (Phi) is 3.76. The average Bonchev–Trinajstić information content (AvgIpc) is 3.12. The minimum absolute atomic E-state index is 0.242. The van der Waals surface area contributed by atoms with Gasteiger partial charge in [0.15, 0.2) is 5.96 Å². The summed E-state index contributed by atoms with van der Waals surface area (Å²) in [5.41, 5.74) is 6.99. The number of guanidine groups is 1. The van der Waals surface area contributed by atoms with Crippen molar-refractivity contribution in [1.82, 2.24) is 4.90 Å². The van der Waals surface area contributed by atoms with Gasteiger partial charge < -0.3 is 20.1 Å². The Morgan fingerprint density at radius 2 is 2.29 bits per heavy atom. The first kappa shape index (κ1) is 14.2. The summed E-state index contributed by atoms with van der Waals surface area (Å²) >= 11 is 0. The summed E-state index contributed by atoms with van der Waals surface area (Å²) in [7, 11) is 1.70. The Bertz CT molecular complexity index is 540. The summed E-state index contributed by atoms with van der Waals surface area (Å²) in [5.74, 6) is 1.47. The van der Waals surface area contributed by atoms with E-state index in [4.69, 9.17) is 15.2 Å². The maximum absolute atomic E-state index is 6.14. The van der Waals surface area contributed by atoms with Gasteiger partial charge >= 0.3 is 0 Å². The largest absolute Gasteiger partial charge is 0.496 e. The Labute approximate surface area is 125 Å². The molecule has 0 amide bonds. The van der Waals surface area contributed by atoms with Crippen molar-refractivity contribution in [2.45, 2.75) is 31.4 Å². The van der Waals surface area contributed by atoms with Gasteiger partial charge in [0.05, 0.1) is 25.3 Å². The van der Waals surface area contributed by atoms with Crippen molar-refractivity contribution < 1.29 is 9.47 Å². The van der Waals surface area contributed by atoms with Crippen molar-refractivity contribution in [1.29, 1.82) is 0 Å². The normalized spacial score (nSPS) is 28.8. The maximum atomic E-state index is 6.14. The summed E-state index contributed by atoms with van der Waals surface area (Å²) < 4.78 is 11.3. The second kappa shape index (κ2) is 5.56. The van der Waals surface area contributed by atoms with Crippen LogP contribution in [0.3, 0.4) is 0 Å². The molecule has 2 heterocycles. The lowest BCUT2D eigenvalue weighted by Gasteiger charge is -2.38. The summed E-state index contributed by atoms with van der Waals surface area (Å²) in [6.07, 6.45) is 2.46. The molecule has 1 fully saturated rings. The Morgan fingerprint density at radius 3 is 3.00 bits per heavy atom. The van der Waals surface area contributed by atoms with Gasteiger partial charge in [-0.1, -0.05) is 18.2 Å². The van der Waals surface area contributed by atoms with Crippen LogP contribution in [0.5, 0.6) is 5.75 Å². The molecular weight excluding hydrogens is 266 g/mol. The molecule has 0 aromatic heterocycles. The van der Waals surface area contributed by atoms with Crippen LogP contribution in [0, 0.1) is 0 Å². The summed E-state index contributed by atoms with van der Waals surface area (Å²) in [5, 5.41) is 0. The second-order valence-electron chi connectivity index (χ2n) is 5.89. The number of hydrogen-bond donors (Lipinski definition) is 1. The molecule has 2 N–H and O–H groups in total. The fourth-order valence-corrected chi connectivity index (χ4v) is 3.27. The van der Waals surface area contributed by atoms with Crippen LogP contribution < -0.4 is 10.5 Å². The van der Waals surface area contributed by atoms with E-state index in [1.165, 1.54) is 0 Å². The number of rotatable bonds is 4. The fraction of sp³-hybridized carbons (Fsp3) is 0.562. The van der Waals surface area contributed by atoms with Crippen molar-refractivity contribution in [3.63, 3.8) is 0 Å². The highest BCUT2D eigenvalue weighted by atomic mass is 16.5. The summed E-state index contributed by atoms with van der Waals surface area (Å²) in [4.78, 5) is 6.64. The molecule has 1 aromatic carbocycles. The molecule has 2 unspecified atom stereocenters.